The zero-order chi connectivity index (χ0) is 14.5. The first-order valence-electron chi connectivity index (χ1n) is 7.03. The molecule has 2 atom stereocenters. The van der Waals surface area contributed by atoms with E-state index in [0.717, 1.165) is 25.2 Å². The van der Waals surface area contributed by atoms with Crippen molar-refractivity contribution < 1.29 is 13.5 Å². The van der Waals surface area contributed by atoms with Crippen LogP contribution in [0.15, 0.2) is 24.3 Å². The van der Waals surface area contributed by atoms with Gasteiger partial charge in [-0.15, -0.1) is 12.4 Å². The lowest BCUT2D eigenvalue weighted by molar-refractivity contribution is -0.0498. The summed E-state index contributed by atoms with van der Waals surface area (Å²) in [5.41, 5.74) is 1.14. The van der Waals surface area contributed by atoms with Crippen molar-refractivity contribution in [3.05, 3.63) is 29.8 Å². The van der Waals surface area contributed by atoms with E-state index in [1.807, 2.05) is 19.2 Å². The first-order chi connectivity index (χ1) is 9.60. The van der Waals surface area contributed by atoms with E-state index in [-0.39, 0.29) is 18.2 Å². The molecule has 120 valence electrons. The molecule has 0 saturated carbocycles. The molecule has 3 nitrogen and oxygen atoms in total. The lowest BCUT2D eigenvalue weighted by atomic mass is 10.1. The van der Waals surface area contributed by atoms with Gasteiger partial charge in [0, 0.05) is 12.6 Å². The summed E-state index contributed by atoms with van der Waals surface area (Å²) < 4.78 is 28.6. The van der Waals surface area contributed by atoms with Crippen LogP contribution in [0.5, 0.6) is 5.75 Å². The molecule has 1 aromatic rings. The lowest BCUT2D eigenvalue weighted by Crippen LogP contribution is -2.27. The van der Waals surface area contributed by atoms with Gasteiger partial charge in [-0.3, -0.25) is 4.90 Å². The third kappa shape index (κ3) is 5.09. The van der Waals surface area contributed by atoms with Gasteiger partial charge in [-0.1, -0.05) is 12.1 Å². The van der Waals surface area contributed by atoms with E-state index < -0.39 is 6.61 Å². The molecule has 1 heterocycles. The minimum atomic E-state index is -2.76. The first-order valence-corrected chi connectivity index (χ1v) is 7.03. The summed E-state index contributed by atoms with van der Waals surface area (Å²) >= 11 is 0. The Kier molecular flexibility index (Phi) is 7.35. The predicted molar refractivity (Wildman–Crippen MR) is 82.3 cm³/mol. The molecular formula is C15H23ClF2N2O. The summed E-state index contributed by atoms with van der Waals surface area (Å²) in [5.74, 6) is 0.911. The molecular weight excluding hydrogens is 298 g/mol. The van der Waals surface area contributed by atoms with Gasteiger partial charge >= 0.3 is 6.61 Å². The molecule has 0 amide bonds. The van der Waals surface area contributed by atoms with Gasteiger partial charge in [0.05, 0.1) is 0 Å². The number of rotatable bonds is 6. The second-order valence-corrected chi connectivity index (χ2v) is 5.33. The van der Waals surface area contributed by atoms with Gasteiger partial charge in [-0.25, -0.2) is 0 Å². The van der Waals surface area contributed by atoms with Crippen molar-refractivity contribution in [2.75, 3.05) is 26.7 Å². The van der Waals surface area contributed by atoms with Crippen molar-refractivity contribution in [1.82, 2.24) is 10.2 Å². The van der Waals surface area contributed by atoms with E-state index >= 15 is 0 Å². The molecule has 0 aromatic heterocycles. The second-order valence-electron chi connectivity index (χ2n) is 5.33. The fraction of sp³-hybridized carbons (Fsp3) is 0.600. The number of hydrogen-bond acceptors (Lipinski definition) is 3. The molecule has 1 fully saturated rings. The highest BCUT2D eigenvalue weighted by atomic mass is 35.5. The molecule has 1 aliphatic heterocycles. The van der Waals surface area contributed by atoms with Crippen LogP contribution in [0.1, 0.15) is 24.9 Å². The molecule has 2 rings (SSSR count). The number of halogens is 3. The van der Waals surface area contributed by atoms with E-state index in [9.17, 15) is 8.78 Å². The minimum Gasteiger partial charge on any atom is -0.435 e. The Morgan fingerprint density at radius 2 is 2.00 bits per heavy atom. The smallest absolute Gasteiger partial charge is 0.387 e. The average Bonchev–Trinajstić information content (AvgIpc) is 2.87. The molecule has 0 spiro atoms. The Hall–Kier alpha value is -0.910. The van der Waals surface area contributed by atoms with Crippen LogP contribution >= 0.6 is 12.4 Å². The zero-order valence-corrected chi connectivity index (χ0v) is 13.2. The van der Waals surface area contributed by atoms with Crippen LogP contribution in [0.2, 0.25) is 0 Å². The van der Waals surface area contributed by atoms with Gasteiger partial charge in [-0.05, 0) is 57.1 Å². The van der Waals surface area contributed by atoms with Crippen molar-refractivity contribution >= 4 is 12.4 Å². The second kappa shape index (κ2) is 8.51. The van der Waals surface area contributed by atoms with Crippen LogP contribution in [-0.2, 0) is 0 Å². The normalized spacial score (nSPS) is 20.3. The average molecular weight is 321 g/mol. The van der Waals surface area contributed by atoms with E-state index in [2.05, 4.69) is 21.9 Å². The standard InChI is InChI=1S/C15H22F2N2O.ClH/c1-11(19-8-7-12(10-19)9-18-2)13-3-5-14(6-4-13)20-15(16)17;/h3-6,11-12,15,18H,7-10H2,1-2H3;1H. The fourth-order valence-corrected chi connectivity index (χ4v) is 2.81. The third-order valence-electron chi connectivity index (χ3n) is 3.95. The third-order valence-corrected chi connectivity index (χ3v) is 3.95. The highest BCUT2D eigenvalue weighted by Crippen LogP contribution is 2.28. The number of nitrogens with zero attached hydrogens (tertiary/aromatic N) is 1. The van der Waals surface area contributed by atoms with Gasteiger partial charge < -0.3 is 10.1 Å². The van der Waals surface area contributed by atoms with Gasteiger partial charge in [0.1, 0.15) is 5.75 Å². The number of benzene rings is 1. The highest BCUT2D eigenvalue weighted by molar-refractivity contribution is 5.85. The quantitative estimate of drug-likeness (QED) is 0.870. The van der Waals surface area contributed by atoms with E-state index in [0.29, 0.717) is 12.0 Å². The van der Waals surface area contributed by atoms with Crippen LogP contribution in [0.3, 0.4) is 0 Å². The number of ether oxygens (including phenoxy) is 1. The summed E-state index contributed by atoms with van der Waals surface area (Å²) in [7, 11) is 1.98. The first kappa shape index (κ1) is 18.1. The van der Waals surface area contributed by atoms with Crippen LogP contribution < -0.4 is 10.1 Å². The minimum absolute atomic E-state index is 0. The molecule has 2 unspecified atom stereocenters. The number of alkyl halides is 2. The van der Waals surface area contributed by atoms with Crippen LogP contribution in [0, 0.1) is 5.92 Å². The summed E-state index contributed by atoms with van der Waals surface area (Å²) in [5, 5.41) is 3.22. The molecule has 21 heavy (non-hydrogen) atoms. The molecule has 0 radical (unpaired) electrons. The maximum Gasteiger partial charge on any atom is 0.387 e. The van der Waals surface area contributed by atoms with Gasteiger partial charge in [0.2, 0.25) is 0 Å². The molecule has 6 heteroatoms. The summed E-state index contributed by atoms with van der Waals surface area (Å²) in [6, 6.07) is 7.26. The Labute approximate surface area is 131 Å². The van der Waals surface area contributed by atoms with E-state index in [4.69, 9.17) is 0 Å². The van der Waals surface area contributed by atoms with Gasteiger partial charge in [0.25, 0.3) is 0 Å². The largest absolute Gasteiger partial charge is 0.435 e. The van der Waals surface area contributed by atoms with Crippen LogP contribution in [0.4, 0.5) is 8.78 Å². The maximum atomic E-state index is 12.1. The fourth-order valence-electron chi connectivity index (χ4n) is 2.81. The summed E-state index contributed by atoms with van der Waals surface area (Å²) in [6.45, 7) is 2.61. The van der Waals surface area contributed by atoms with Crippen molar-refractivity contribution in [2.24, 2.45) is 5.92 Å². The number of likely N-dealkylation sites (tertiary alicyclic amines) is 1. The maximum absolute atomic E-state index is 12.1. The summed E-state index contributed by atoms with van der Waals surface area (Å²) in [4.78, 5) is 2.44. The molecule has 1 saturated heterocycles. The Morgan fingerprint density at radius 3 is 2.57 bits per heavy atom. The zero-order valence-electron chi connectivity index (χ0n) is 12.4. The molecule has 1 aromatic carbocycles. The Balaban J connectivity index is 0.00000220. The van der Waals surface area contributed by atoms with Crippen molar-refractivity contribution in [3.63, 3.8) is 0 Å². The monoisotopic (exact) mass is 320 g/mol. The van der Waals surface area contributed by atoms with Gasteiger partial charge in [0.15, 0.2) is 0 Å². The molecule has 1 N–H and O–H groups in total. The SMILES string of the molecule is CNCC1CCN(C(C)c2ccc(OC(F)F)cc2)C1.Cl. The topological polar surface area (TPSA) is 24.5 Å². The van der Waals surface area contributed by atoms with Crippen LogP contribution in [0.25, 0.3) is 0 Å². The van der Waals surface area contributed by atoms with Crippen molar-refractivity contribution in [3.8, 4) is 5.75 Å². The van der Waals surface area contributed by atoms with E-state index in [1.54, 1.807) is 12.1 Å². The van der Waals surface area contributed by atoms with Crippen LogP contribution in [-0.4, -0.2) is 38.2 Å². The highest BCUT2D eigenvalue weighted by Gasteiger charge is 2.26. The lowest BCUT2D eigenvalue weighted by Gasteiger charge is -2.25. The number of nitrogens with one attached hydrogen (secondary N) is 1. The van der Waals surface area contributed by atoms with Crippen molar-refractivity contribution in [1.29, 1.82) is 0 Å². The van der Waals surface area contributed by atoms with Crippen molar-refractivity contribution in [2.45, 2.75) is 26.0 Å². The predicted octanol–water partition coefficient (Wildman–Crippen LogP) is 3.31. The molecule has 0 aliphatic carbocycles. The molecule has 0 bridgehead atoms. The van der Waals surface area contributed by atoms with E-state index in [1.165, 1.54) is 6.42 Å². The molecule has 1 aliphatic rings. The number of hydrogen-bond donors (Lipinski definition) is 1. The summed E-state index contributed by atoms with van der Waals surface area (Å²) in [6.07, 6.45) is 1.21. The van der Waals surface area contributed by atoms with Gasteiger partial charge in [-0.2, -0.15) is 8.78 Å². The Bertz CT molecular complexity index is 417. The Morgan fingerprint density at radius 1 is 1.33 bits per heavy atom.